The van der Waals surface area contributed by atoms with E-state index in [-0.39, 0.29) is 0 Å². The van der Waals surface area contributed by atoms with Crippen molar-refractivity contribution in [2.75, 3.05) is 19.6 Å². The van der Waals surface area contributed by atoms with Crippen LogP contribution in [-0.4, -0.2) is 36.1 Å². The van der Waals surface area contributed by atoms with E-state index < -0.39 is 0 Å². The van der Waals surface area contributed by atoms with E-state index in [2.05, 4.69) is 17.1 Å². The van der Waals surface area contributed by atoms with Gasteiger partial charge in [0.15, 0.2) is 0 Å². The van der Waals surface area contributed by atoms with Gasteiger partial charge in [-0.1, -0.05) is 6.92 Å². The first-order valence-corrected chi connectivity index (χ1v) is 6.82. The van der Waals surface area contributed by atoms with Gasteiger partial charge in [0.1, 0.15) is 0 Å². The highest BCUT2D eigenvalue weighted by atomic mass is 15.3. The van der Waals surface area contributed by atoms with Crippen molar-refractivity contribution in [3.05, 3.63) is 0 Å². The molecule has 0 radical (unpaired) electrons. The van der Waals surface area contributed by atoms with E-state index >= 15 is 0 Å². The van der Waals surface area contributed by atoms with E-state index in [1.54, 1.807) is 0 Å². The van der Waals surface area contributed by atoms with Gasteiger partial charge in [-0.3, -0.25) is 4.90 Å². The van der Waals surface area contributed by atoms with Crippen LogP contribution in [0.4, 0.5) is 0 Å². The average Bonchev–Trinajstić information content (AvgIpc) is 3.01. The maximum Gasteiger partial charge on any atom is 0.0224 e. The Labute approximate surface area is 93.4 Å². The lowest BCUT2D eigenvalue weighted by molar-refractivity contribution is -0.00994. The molecule has 0 amide bonds. The topological polar surface area (TPSA) is 15.3 Å². The lowest BCUT2D eigenvalue weighted by Gasteiger charge is -2.53. The Kier molecular flexibility index (Phi) is 2.52. The molecule has 2 saturated carbocycles. The second-order valence-electron chi connectivity index (χ2n) is 5.78. The Morgan fingerprint density at radius 2 is 2.13 bits per heavy atom. The van der Waals surface area contributed by atoms with Gasteiger partial charge in [0.25, 0.3) is 0 Å². The second kappa shape index (κ2) is 3.74. The number of nitrogens with one attached hydrogen (secondary N) is 1. The first kappa shape index (κ1) is 10.1. The molecule has 1 N–H and O–H groups in total. The van der Waals surface area contributed by atoms with Gasteiger partial charge in [-0.15, -0.1) is 0 Å². The van der Waals surface area contributed by atoms with Crippen LogP contribution in [0.25, 0.3) is 0 Å². The van der Waals surface area contributed by atoms with Crippen LogP contribution in [0.3, 0.4) is 0 Å². The first-order chi connectivity index (χ1) is 7.34. The standard InChI is InChI=1S/C13H24N2/c1-2-13(6-3-7-13)15-9-8-14-12(10-15)11-4-5-11/h11-12,14H,2-10H2,1H3. The van der Waals surface area contributed by atoms with Crippen molar-refractivity contribution in [3.8, 4) is 0 Å². The molecule has 1 saturated heterocycles. The Hall–Kier alpha value is -0.0800. The molecule has 15 heavy (non-hydrogen) atoms. The molecule has 0 bridgehead atoms. The maximum atomic E-state index is 3.71. The highest BCUT2D eigenvalue weighted by Gasteiger charge is 2.44. The largest absolute Gasteiger partial charge is 0.311 e. The molecule has 0 aromatic heterocycles. The van der Waals surface area contributed by atoms with Crippen molar-refractivity contribution < 1.29 is 0 Å². The van der Waals surface area contributed by atoms with Crippen molar-refractivity contribution in [3.63, 3.8) is 0 Å². The molecule has 1 heterocycles. The Balaban J connectivity index is 1.64. The van der Waals surface area contributed by atoms with E-state index in [0.29, 0.717) is 5.54 Å². The molecule has 2 aliphatic carbocycles. The summed E-state index contributed by atoms with van der Waals surface area (Å²) in [7, 11) is 0. The van der Waals surface area contributed by atoms with Crippen LogP contribution in [-0.2, 0) is 0 Å². The lowest BCUT2D eigenvalue weighted by atomic mass is 9.73. The number of rotatable bonds is 3. The van der Waals surface area contributed by atoms with Crippen molar-refractivity contribution in [1.29, 1.82) is 0 Å². The summed E-state index contributed by atoms with van der Waals surface area (Å²) in [5.41, 5.74) is 0.620. The zero-order chi connectivity index (χ0) is 10.3. The Bertz CT molecular complexity index is 225. The van der Waals surface area contributed by atoms with Crippen LogP contribution in [0.5, 0.6) is 0 Å². The third-order valence-electron chi connectivity index (χ3n) is 5.01. The lowest BCUT2D eigenvalue weighted by Crippen LogP contribution is -2.62. The van der Waals surface area contributed by atoms with Crippen molar-refractivity contribution >= 4 is 0 Å². The summed E-state index contributed by atoms with van der Waals surface area (Å²) in [6.45, 7) is 6.23. The van der Waals surface area contributed by atoms with Gasteiger partial charge in [0.2, 0.25) is 0 Å². The summed E-state index contributed by atoms with van der Waals surface area (Å²) in [6.07, 6.45) is 8.70. The molecule has 3 aliphatic rings. The normalized spacial score (nSPS) is 36.2. The average molecular weight is 208 g/mol. The SMILES string of the molecule is CCC1(N2CCNC(C3CC3)C2)CCC1. The second-order valence-corrected chi connectivity index (χ2v) is 5.78. The fourth-order valence-corrected chi connectivity index (χ4v) is 3.50. The molecular formula is C13H24N2. The minimum atomic E-state index is 0.620. The van der Waals surface area contributed by atoms with Gasteiger partial charge in [0, 0.05) is 31.2 Å². The summed E-state index contributed by atoms with van der Waals surface area (Å²) in [4.78, 5) is 2.82. The molecule has 2 heteroatoms. The maximum absolute atomic E-state index is 3.71. The smallest absolute Gasteiger partial charge is 0.0224 e. The molecule has 3 fully saturated rings. The molecule has 3 rings (SSSR count). The monoisotopic (exact) mass is 208 g/mol. The van der Waals surface area contributed by atoms with Gasteiger partial charge in [-0.05, 0) is 44.4 Å². The number of hydrogen-bond acceptors (Lipinski definition) is 2. The zero-order valence-electron chi connectivity index (χ0n) is 9.97. The molecule has 86 valence electrons. The molecule has 1 unspecified atom stereocenters. The van der Waals surface area contributed by atoms with Gasteiger partial charge < -0.3 is 5.32 Å². The van der Waals surface area contributed by atoms with Crippen LogP contribution < -0.4 is 5.32 Å². The molecule has 2 nitrogen and oxygen atoms in total. The van der Waals surface area contributed by atoms with Crippen molar-refractivity contribution in [2.24, 2.45) is 5.92 Å². The Morgan fingerprint density at radius 3 is 2.67 bits per heavy atom. The highest BCUT2D eigenvalue weighted by molar-refractivity contribution is 5.01. The van der Waals surface area contributed by atoms with Crippen molar-refractivity contribution in [1.82, 2.24) is 10.2 Å². The van der Waals surface area contributed by atoms with E-state index in [0.717, 1.165) is 12.0 Å². The highest BCUT2D eigenvalue weighted by Crippen LogP contribution is 2.42. The van der Waals surface area contributed by atoms with Crippen LogP contribution >= 0.6 is 0 Å². The predicted octanol–water partition coefficient (Wildman–Crippen LogP) is 2.00. The summed E-state index contributed by atoms with van der Waals surface area (Å²) >= 11 is 0. The first-order valence-electron chi connectivity index (χ1n) is 6.82. The van der Waals surface area contributed by atoms with Gasteiger partial charge in [0.05, 0.1) is 0 Å². The summed E-state index contributed by atoms with van der Waals surface area (Å²) in [5, 5.41) is 3.71. The van der Waals surface area contributed by atoms with Crippen LogP contribution in [0.15, 0.2) is 0 Å². The number of hydrogen-bond donors (Lipinski definition) is 1. The van der Waals surface area contributed by atoms with Gasteiger partial charge in [-0.25, -0.2) is 0 Å². The van der Waals surface area contributed by atoms with E-state index in [1.807, 2.05) is 0 Å². The Morgan fingerprint density at radius 1 is 1.33 bits per heavy atom. The molecule has 0 aromatic carbocycles. The summed E-state index contributed by atoms with van der Waals surface area (Å²) in [5.74, 6) is 1.02. The summed E-state index contributed by atoms with van der Waals surface area (Å²) < 4.78 is 0. The van der Waals surface area contributed by atoms with Gasteiger partial charge in [-0.2, -0.15) is 0 Å². The van der Waals surface area contributed by atoms with Crippen LogP contribution in [0.2, 0.25) is 0 Å². The van der Waals surface area contributed by atoms with Gasteiger partial charge >= 0.3 is 0 Å². The minimum Gasteiger partial charge on any atom is -0.311 e. The van der Waals surface area contributed by atoms with E-state index in [4.69, 9.17) is 0 Å². The predicted molar refractivity (Wildman–Crippen MR) is 63.0 cm³/mol. The van der Waals surface area contributed by atoms with Crippen LogP contribution in [0.1, 0.15) is 45.4 Å². The quantitative estimate of drug-likeness (QED) is 0.763. The molecule has 0 aromatic rings. The number of piperazine rings is 1. The van der Waals surface area contributed by atoms with Crippen LogP contribution in [0, 0.1) is 5.92 Å². The fraction of sp³-hybridized carbons (Fsp3) is 1.00. The molecule has 0 spiro atoms. The minimum absolute atomic E-state index is 0.620. The zero-order valence-corrected chi connectivity index (χ0v) is 9.97. The summed E-state index contributed by atoms with van der Waals surface area (Å²) in [6, 6.07) is 0.822. The molecule has 1 aliphatic heterocycles. The van der Waals surface area contributed by atoms with E-state index in [1.165, 1.54) is 58.2 Å². The fourth-order valence-electron chi connectivity index (χ4n) is 3.50. The third kappa shape index (κ3) is 1.72. The number of nitrogens with zero attached hydrogens (tertiary/aromatic N) is 1. The van der Waals surface area contributed by atoms with E-state index in [9.17, 15) is 0 Å². The molecular weight excluding hydrogens is 184 g/mol. The molecule has 1 atom stereocenters. The van der Waals surface area contributed by atoms with Crippen molar-refractivity contribution in [2.45, 2.75) is 57.0 Å². The third-order valence-corrected chi connectivity index (χ3v) is 5.01.